The standard InChI is InChI=1S/C20H19NO3/c1-2-24-16-10-7-14(8-11-16)19-13-15(9-12-20(22)23)17-5-3-4-6-18(17)21-19/h3-8,10-11,13H,2,9,12H2,1H3,(H,22,23). The number of rotatable bonds is 6. The molecule has 1 heterocycles. The molecule has 24 heavy (non-hydrogen) atoms. The molecule has 3 rings (SSSR count). The molecule has 122 valence electrons. The van der Waals surface area contributed by atoms with Crippen molar-refractivity contribution in [2.24, 2.45) is 0 Å². The first-order valence-electron chi connectivity index (χ1n) is 8.01. The minimum atomic E-state index is -0.793. The van der Waals surface area contributed by atoms with Crippen LogP contribution in [0.25, 0.3) is 22.2 Å². The number of benzene rings is 2. The summed E-state index contributed by atoms with van der Waals surface area (Å²) in [6.45, 7) is 2.58. The number of hydrogen-bond acceptors (Lipinski definition) is 3. The summed E-state index contributed by atoms with van der Waals surface area (Å²) in [5.74, 6) is 0.0339. The van der Waals surface area contributed by atoms with Gasteiger partial charge in [-0.15, -0.1) is 0 Å². The molecule has 0 aliphatic heterocycles. The molecule has 0 radical (unpaired) electrons. The van der Waals surface area contributed by atoms with E-state index in [-0.39, 0.29) is 6.42 Å². The number of fused-ring (bicyclic) bond motifs is 1. The van der Waals surface area contributed by atoms with E-state index in [1.807, 2.05) is 61.5 Å². The number of carboxylic acid groups (broad SMARTS) is 1. The number of aromatic nitrogens is 1. The van der Waals surface area contributed by atoms with Crippen LogP contribution in [0.15, 0.2) is 54.6 Å². The van der Waals surface area contributed by atoms with Crippen molar-refractivity contribution in [1.82, 2.24) is 4.98 Å². The first kappa shape index (κ1) is 16.0. The number of pyridine rings is 1. The minimum Gasteiger partial charge on any atom is -0.494 e. The van der Waals surface area contributed by atoms with E-state index in [0.29, 0.717) is 13.0 Å². The molecule has 0 amide bonds. The zero-order chi connectivity index (χ0) is 16.9. The molecule has 0 saturated heterocycles. The molecular formula is C20H19NO3. The number of aryl methyl sites for hydroxylation is 1. The van der Waals surface area contributed by atoms with E-state index < -0.39 is 5.97 Å². The van der Waals surface area contributed by atoms with Gasteiger partial charge >= 0.3 is 5.97 Å². The molecule has 0 bridgehead atoms. The van der Waals surface area contributed by atoms with E-state index in [1.165, 1.54) is 0 Å². The van der Waals surface area contributed by atoms with E-state index in [0.717, 1.165) is 33.5 Å². The summed E-state index contributed by atoms with van der Waals surface area (Å²) in [6.07, 6.45) is 0.596. The predicted molar refractivity (Wildman–Crippen MR) is 94.3 cm³/mol. The van der Waals surface area contributed by atoms with Gasteiger partial charge in [0.15, 0.2) is 0 Å². The number of carbonyl (C=O) groups is 1. The Labute approximate surface area is 140 Å². The van der Waals surface area contributed by atoms with Gasteiger partial charge in [0.05, 0.1) is 17.8 Å². The summed E-state index contributed by atoms with van der Waals surface area (Å²) in [7, 11) is 0. The smallest absolute Gasteiger partial charge is 0.303 e. The predicted octanol–water partition coefficient (Wildman–Crippen LogP) is 4.32. The molecule has 4 heteroatoms. The number of carboxylic acids is 1. The number of nitrogens with zero attached hydrogens (tertiary/aromatic N) is 1. The second kappa shape index (κ2) is 7.13. The zero-order valence-electron chi connectivity index (χ0n) is 13.5. The molecule has 2 aromatic carbocycles. The van der Waals surface area contributed by atoms with Crippen LogP contribution in [0.2, 0.25) is 0 Å². The highest BCUT2D eigenvalue weighted by molar-refractivity contribution is 5.85. The topological polar surface area (TPSA) is 59.4 Å². The first-order chi connectivity index (χ1) is 11.7. The van der Waals surface area contributed by atoms with Crippen LogP contribution < -0.4 is 4.74 Å². The van der Waals surface area contributed by atoms with E-state index in [9.17, 15) is 4.79 Å². The van der Waals surface area contributed by atoms with Gasteiger partial charge in [0.25, 0.3) is 0 Å². The van der Waals surface area contributed by atoms with Gasteiger partial charge in [-0.2, -0.15) is 0 Å². The largest absolute Gasteiger partial charge is 0.494 e. The monoisotopic (exact) mass is 321 g/mol. The summed E-state index contributed by atoms with van der Waals surface area (Å²) >= 11 is 0. The van der Waals surface area contributed by atoms with Crippen LogP contribution in [0, 0.1) is 0 Å². The van der Waals surface area contributed by atoms with Crippen LogP contribution in [0.4, 0.5) is 0 Å². The lowest BCUT2D eigenvalue weighted by Gasteiger charge is -2.10. The van der Waals surface area contributed by atoms with Crippen molar-refractivity contribution in [3.05, 3.63) is 60.2 Å². The fraction of sp³-hybridized carbons (Fsp3) is 0.200. The Kier molecular flexibility index (Phi) is 4.75. The van der Waals surface area contributed by atoms with Crippen molar-refractivity contribution < 1.29 is 14.6 Å². The third-order valence-electron chi connectivity index (χ3n) is 3.87. The Hall–Kier alpha value is -2.88. The van der Waals surface area contributed by atoms with Crippen LogP contribution in [0.5, 0.6) is 5.75 Å². The summed E-state index contributed by atoms with van der Waals surface area (Å²) in [4.78, 5) is 15.7. The molecule has 0 saturated carbocycles. The lowest BCUT2D eigenvalue weighted by molar-refractivity contribution is -0.136. The molecule has 0 fully saturated rings. The highest BCUT2D eigenvalue weighted by Gasteiger charge is 2.09. The van der Waals surface area contributed by atoms with Gasteiger partial charge < -0.3 is 9.84 Å². The lowest BCUT2D eigenvalue weighted by Crippen LogP contribution is -1.99. The van der Waals surface area contributed by atoms with E-state index in [4.69, 9.17) is 14.8 Å². The fourth-order valence-corrected chi connectivity index (χ4v) is 2.73. The van der Waals surface area contributed by atoms with Gasteiger partial charge in [0.1, 0.15) is 5.75 Å². The summed E-state index contributed by atoms with van der Waals surface area (Å²) in [5, 5.41) is 9.99. The SMILES string of the molecule is CCOc1ccc(-c2cc(CCC(=O)O)c3ccccc3n2)cc1. The molecule has 0 spiro atoms. The second-order valence-electron chi connectivity index (χ2n) is 5.53. The molecule has 0 atom stereocenters. The van der Waals surface area contributed by atoms with Crippen molar-refractivity contribution >= 4 is 16.9 Å². The van der Waals surface area contributed by atoms with Crippen LogP contribution in [0.3, 0.4) is 0 Å². The van der Waals surface area contributed by atoms with Crippen molar-refractivity contribution in [1.29, 1.82) is 0 Å². The summed E-state index contributed by atoms with van der Waals surface area (Å²) in [5.41, 5.74) is 3.72. The summed E-state index contributed by atoms with van der Waals surface area (Å²) in [6, 6.07) is 17.6. The van der Waals surface area contributed by atoms with Gasteiger partial charge in [-0.1, -0.05) is 18.2 Å². The summed E-state index contributed by atoms with van der Waals surface area (Å²) < 4.78 is 5.47. The highest BCUT2D eigenvalue weighted by atomic mass is 16.5. The molecule has 3 aromatic rings. The maximum atomic E-state index is 10.9. The maximum absolute atomic E-state index is 10.9. The molecule has 1 N–H and O–H groups in total. The third-order valence-corrected chi connectivity index (χ3v) is 3.87. The number of para-hydroxylation sites is 1. The van der Waals surface area contributed by atoms with Crippen molar-refractivity contribution in [3.63, 3.8) is 0 Å². The van der Waals surface area contributed by atoms with Gasteiger partial charge in [0, 0.05) is 17.4 Å². The minimum absolute atomic E-state index is 0.108. The average molecular weight is 321 g/mol. The average Bonchev–Trinajstić information content (AvgIpc) is 2.60. The third kappa shape index (κ3) is 3.54. The van der Waals surface area contributed by atoms with Crippen LogP contribution in [-0.2, 0) is 11.2 Å². The van der Waals surface area contributed by atoms with Crippen LogP contribution in [0.1, 0.15) is 18.9 Å². The van der Waals surface area contributed by atoms with Gasteiger partial charge in [0.2, 0.25) is 0 Å². The molecule has 1 aromatic heterocycles. The Bertz CT molecular complexity index is 856. The Morgan fingerprint density at radius 1 is 1.12 bits per heavy atom. The number of hydrogen-bond donors (Lipinski definition) is 1. The second-order valence-corrected chi connectivity index (χ2v) is 5.53. The van der Waals surface area contributed by atoms with Crippen molar-refractivity contribution in [2.45, 2.75) is 19.8 Å². The van der Waals surface area contributed by atoms with Gasteiger partial charge in [-0.05, 0) is 55.3 Å². The molecular weight excluding hydrogens is 302 g/mol. The normalized spacial score (nSPS) is 10.7. The number of aliphatic carboxylic acids is 1. The van der Waals surface area contributed by atoms with E-state index in [2.05, 4.69) is 0 Å². The Morgan fingerprint density at radius 3 is 2.58 bits per heavy atom. The maximum Gasteiger partial charge on any atom is 0.303 e. The molecule has 0 aliphatic carbocycles. The van der Waals surface area contributed by atoms with Crippen LogP contribution in [-0.4, -0.2) is 22.7 Å². The fourth-order valence-electron chi connectivity index (χ4n) is 2.73. The van der Waals surface area contributed by atoms with Gasteiger partial charge in [-0.3, -0.25) is 4.79 Å². The first-order valence-corrected chi connectivity index (χ1v) is 8.01. The molecule has 0 aliphatic rings. The van der Waals surface area contributed by atoms with Crippen LogP contribution >= 0.6 is 0 Å². The van der Waals surface area contributed by atoms with Gasteiger partial charge in [-0.25, -0.2) is 4.98 Å². The van der Waals surface area contributed by atoms with Crippen molar-refractivity contribution in [2.75, 3.05) is 6.61 Å². The lowest BCUT2D eigenvalue weighted by atomic mass is 10.0. The number of ether oxygens (including phenoxy) is 1. The Balaban J connectivity index is 2.02. The molecule has 4 nitrogen and oxygen atoms in total. The van der Waals surface area contributed by atoms with E-state index in [1.54, 1.807) is 0 Å². The molecule has 0 unspecified atom stereocenters. The highest BCUT2D eigenvalue weighted by Crippen LogP contribution is 2.27. The quantitative estimate of drug-likeness (QED) is 0.734. The zero-order valence-corrected chi connectivity index (χ0v) is 13.5. The van der Waals surface area contributed by atoms with E-state index >= 15 is 0 Å². The van der Waals surface area contributed by atoms with Crippen molar-refractivity contribution in [3.8, 4) is 17.0 Å². The Morgan fingerprint density at radius 2 is 1.88 bits per heavy atom.